The summed E-state index contributed by atoms with van der Waals surface area (Å²) in [5.41, 5.74) is 2.07. The van der Waals surface area contributed by atoms with Crippen LogP contribution >= 0.6 is 27.3 Å². The fourth-order valence-electron chi connectivity index (χ4n) is 2.76. The molecule has 4 aromatic rings. The molecule has 0 fully saturated rings. The number of halogens is 2. The molecule has 0 amide bonds. The van der Waals surface area contributed by atoms with Gasteiger partial charge in [0, 0.05) is 27.5 Å². The van der Waals surface area contributed by atoms with E-state index in [0.29, 0.717) is 22.9 Å². The summed E-state index contributed by atoms with van der Waals surface area (Å²) in [4.78, 5) is 14.2. The van der Waals surface area contributed by atoms with Crippen molar-refractivity contribution in [2.75, 3.05) is 7.11 Å². The molecule has 0 unspecified atom stereocenters. The third-order valence-corrected chi connectivity index (χ3v) is 5.73. The van der Waals surface area contributed by atoms with Crippen molar-refractivity contribution in [3.8, 4) is 33.7 Å². The Hall–Kier alpha value is -2.84. The predicted molar refractivity (Wildman–Crippen MR) is 114 cm³/mol. The van der Waals surface area contributed by atoms with E-state index in [4.69, 9.17) is 4.74 Å². The summed E-state index contributed by atoms with van der Waals surface area (Å²) in [6, 6.07) is 13.9. The molecule has 4 rings (SSSR count). The van der Waals surface area contributed by atoms with Crippen LogP contribution < -0.4 is 4.74 Å². The van der Waals surface area contributed by atoms with E-state index < -0.39 is 0 Å². The number of hydrogen-bond acceptors (Lipinski definition) is 6. The molecule has 0 saturated carbocycles. The average Bonchev–Trinajstić information content (AvgIpc) is 3.19. The molecule has 0 radical (unpaired) electrons. The molecule has 2 aromatic carbocycles. The van der Waals surface area contributed by atoms with Crippen molar-refractivity contribution in [3.05, 3.63) is 75.5 Å². The number of thiazole rings is 1. The summed E-state index contributed by atoms with van der Waals surface area (Å²) in [7, 11) is 1.44. The molecule has 0 saturated heterocycles. The Kier molecular flexibility index (Phi) is 5.55. The molecule has 29 heavy (non-hydrogen) atoms. The van der Waals surface area contributed by atoms with Crippen molar-refractivity contribution in [1.82, 2.24) is 15.0 Å². The van der Waals surface area contributed by atoms with Crippen molar-refractivity contribution in [2.24, 2.45) is 0 Å². The number of aromatic hydroxyl groups is 1. The van der Waals surface area contributed by atoms with Crippen molar-refractivity contribution < 1.29 is 14.2 Å². The van der Waals surface area contributed by atoms with Crippen LogP contribution in [0, 0.1) is 5.82 Å². The zero-order valence-corrected chi connectivity index (χ0v) is 17.7. The van der Waals surface area contributed by atoms with Gasteiger partial charge < -0.3 is 9.84 Å². The summed E-state index contributed by atoms with van der Waals surface area (Å²) in [5, 5.41) is 11.1. The lowest BCUT2D eigenvalue weighted by atomic mass is 10.1. The average molecular weight is 472 g/mol. The monoisotopic (exact) mass is 471 g/mol. The number of benzene rings is 2. The summed E-state index contributed by atoms with van der Waals surface area (Å²) in [6.07, 6.45) is 2.34. The highest BCUT2D eigenvalue weighted by molar-refractivity contribution is 9.10. The van der Waals surface area contributed by atoms with Crippen LogP contribution in [0.5, 0.6) is 11.6 Å². The van der Waals surface area contributed by atoms with E-state index in [1.807, 2.05) is 24.3 Å². The summed E-state index contributed by atoms with van der Waals surface area (Å²) >= 11 is 4.81. The number of aromatic nitrogens is 3. The quantitative estimate of drug-likeness (QED) is 0.417. The van der Waals surface area contributed by atoms with Gasteiger partial charge in [-0.15, -0.1) is 11.3 Å². The van der Waals surface area contributed by atoms with Gasteiger partial charge in [0.1, 0.15) is 16.5 Å². The van der Waals surface area contributed by atoms with Crippen molar-refractivity contribution in [2.45, 2.75) is 6.42 Å². The van der Waals surface area contributed by atoms with Gasteiger partial charge in [-0.25, -0.2) is 14.4 Å². The number of methoxy groups -OCH3 is 1. The lowest BCUT2D eigenvalue weighted by molar-refractivity contribution is 0.358. The van der Waals surface area contributed by atoms with E-state index in [1.54, 1.807) is 18.3 Å². The van der Waals surface area contributed by atoms with Crippen LogP contribution in [0.4, 0.5) is 4.39 Å². The summed E-state index contributed by atoms with van der Waals surface area (Å²) < 4.78 is 19.3. The Labute approximate surface area is 179 Å². The minimum absolute atomic E-state index is 0.0863. The third-order valence-electron chi connectivity index (χ3n) is 4.20. The molecular weight excluding hydrogens is 457 g/mol. The number of nitrogens with zero attached hydrogens (tertiary/aromatic N) is 3. The Balaban J connectivity index is 1.70. The molecule has 2 heterocycles. The predicted octanol–water partition coefficient (Wildman–Crippen LogP) is 5.47. The molecule has 5 nitrogen and oxygen atoms in total. The van der Waals surface area contributed by atoms with Crippen LogP contribution in [0.2, 0.25) is 0 Å². The number of rotatable bonds is 5. The Morgan fingerprint density at radius 2 is 1.79 bits per heavy atom. The molecule has 0 aliphatic heterocycles. The highest BCUT2D eigenvalue weighted by Crippen LogP contribution is 2.38. The zero-order chi connectivity index (χ0) is 20.4. The third kappa shape index (κ3) is 4.28. The van der Waals surface area contributed by atoms with Crippen LogP contribution in [0.15, 0.2) is 59.2 Å². The van der Waals surface area contributed by atoms with E-state index in [2.05, 4.69) is 30.9 Å². The molecule has 8 heteroatoms. The van der Waals surface area contributed by atoms with Gasteiger partial charge in [0.05, 0.1) is 7.11 Å². The number of ether oxygens (including phenoxy) is 1. The fourth-order valence-corrected chi connectivity index (χ4v) is 3.96. The molecular formula is C21H15BrFN3O2S. The molecule has 0 atom stereocenters. The van der Waals surface area contributed by atoms with Gasteiger partial charge in [-0.2, -0.15) is 4.98 Å². The van der Waals surface area contributed by atoms with Gasteiger partial charge in [-0.05, 0) is 29.8 Å². The van der Waals surface area contributed by atoms with E-state index in [1.165, 1.54) is 30.6 Å². The first-order chi connectivity index (χ1) is 14.0. The normalized spacial score (nSPS) is 10.9. The van der Waals surface area contributed by atoms with Gasteiger partial charge in [0.2, 0.25) is 5.75 Å². The minimum atomic E-state index is -0.266. The second-order valence-electron chi connectivity index (χ2n) is 6.20. The van der Waals surface area contributed by atoms with Crippen LogP contribution in [0.1, 0.15) is 10.4 Å². The zero-order valence-electron chi connectivity index (χ0n) is 15.3. The fraction of sp³-hybridized carbons (Fsp3) is 0.0952. The molecule has 0 aliphatic rings. The maximum absolute atomic E-state index is 13.1. The molecule has 1 N–H and O–H groups in total. The van der Waals surface area contributed by atoms with E-state index in [9.17, 15) is 9.50 Å². The van der Waals surface area contributed by atoms with Crippen LogP contribution in [-0.2, 0) is 6.42 Å². The van der Waals surface area contributed by atoms with Crippen LogP contribution in [-0.4, -0.2) is 27.2 Å². The molecule has 146 valence electrons. The second kappa shape index (κ2) is 8.26. The SMILES string of the molecule is COc1nc(-c2ccc(Br)cc2)nc(-c2ncc(Cc3ccc(F)cc3)s2)c1O. The van der Waals surface area contributed by atoms with E-state index in [0.717, 1.165) is 20.5 Å². The highest BCUT2D eigenvalue weighted by Gasteiger charge is 2.19. The van der Waals surface area contributed by atoms with Crippen molar-refractivity contribution >= 4 is 27.3 Å². The second-order valence-corrected chi connectivity index (χ2v) is 8.23. The maximum atomic E-state index is 13.1. The van der Waals surface area contributed by atoms with E-state index >= 15 is 0 Å². The first-order valence-electron chi connectivity index (χ1n) is 8.64. The van der Waals surface area contributed by atoms with Gasteiger partial charge >= 0.3 is 0 Å². The van der Waals surface area contributed by atoms with Gasteiger partial charge in [-0.3, -0.25) is 0 Å². The standard InChI is InChI=1S/C21H15BrFN3O2S/c1-28-20-18(27)17(25-19(26-20)13-4-6-14(22)7-5-13)21-24-11-16(29-21)10-12-2-8-15(23)9-3-12/h2-9,11,27H,10H2,1H3. The lowest BCUT2D eigenvalue weighted by Crippen LogP contribution is -1.97. The largest absolute Gasteiger partial charge is 0.502 e. The van der Waals surface area contributed by atoms with Crippen LogP contribution in [0.25, 0.3) is 22.1 Å². The Bertz CT molecular complexity index is 1150. The molecule has 0 bridgehead atoms. The summed E-state index contributed by atoms with van der Waals surface area (Å²) in [5.74, 6) is 0.0916. The van der Waals surface area contributed by atoms with Crippen molar-refractivity contribution in [1.29, 1.82) is 0 Å². The van der Waals surface area contributed by atoms with Gasteiger partial charge in [0.25, 0.3) is 5.88 Å². The molecule has 2 aromatic heterocycles. The highest BCUT2D eigenvalue weighted by atomic mass is 79.9. The topological polar surface area (TPSA) is 68.1 Å². The Morgan fingerprint density at radius 3 is 2.48 bits per heavy atom. The van der Waals surface area contributed by atoms with E-state index in [-0.39, 0.29) is 17.4 Å². The number of hydrogen-bond donors (Lipinski definition) is 1. The van der Waals surface area contributed by atoms with Gasteiger partial charge in [0.15, 0.2) is 5.82 Å². The Morgan fingerprint density at radius 1 is 1.07 bits per heavy atom. The van der Waals surface area contributed by atoms with Gasteiger partial charge in [-0.1, -0.05) is 40.2 Å². The first kappa shape index (κ1) is 19.5. The first-order valence-corrected chi connectivity index (χ1v) is 10.2. The van der Waals surface area contributed by atoms with Crippen molar-refractivity contribution in [3.63, 3.8) is 0 Å². The van der Waals surface area contributed by atoms with Crippen LogP contribution in [0.3, 0.4) is 0 Å². The smallest absolute Gasteiger partial charge is 0.261 e. The minimum Gasteiger partial charge on any atom is -0.502 e. The molecule has 0 aliphatic carbocycles. The maximum Gasteiger partial charge on any atom is 0.261 e. The molecule has 0 spiro atoms. The summed E-state index contributed by atoms with van der Waals surface area (Å²) in [6.45, 7) is 0. The lowest BCUT2D eigenvalue weighted by Gasteiger charge is -2.09.